The van der Waals surface area contributed by atoms with Crippen molar-refractivity contribution in [3.05, 3.63) is 58.7 Å². The molecule has 0 heterocycles. The number of fused-ring (bicyclic) bond motifs is 8. The molecule has 130 valence electrons. The molecule has 0 amide bonds. The zero-order chi connectivity index (χ0) is 18.0. The largest absolute Gasteiger partial charge is 0.493 e. The Balaban J connectivity index is 1.97. The van der Waals surface area contributed by atoms with Gasteiger partial charge in [-0.25, -0.2) is 0 Å². The number of methoxy groups -OCH3 is 2. The molecule has 0 aromatic heterocycles. The molecule has 26 heavy (non-hydrogen) atoms. The Morgan fingerprint density at radius 1 is 0.962 bits per heavy atom. The molecule has 0 aliphatic heterocycles. The fourth-order valence-corrected chi connectivity index (χ4v) is 4.77. The zero-order valence-electron chi connectivity index (χ0n) is 14.6. The molecule has 0 radical (unpaired) electrons. The third-order valence-electron chi connectivity index (χ3n) is 5.62. The van der Waals surface area contributed by atoms with Crippen LogP contribution in [0.2, 0.25) is 0 Å². The lowest BCUT2D eigenvalue weighted by Gasteiger charge is -2.34. The number of hydrogen-bond acceptors (Lipinski definition) is 3. The number of halogens is 1. The van der Waals surface area contributed by atoms with Gasteiger partial charge in [0, 0.05) is 5.56 Å². The highest BCUT2D eigenvalue weighted by atomic mass is 35.5. The van der Waals surface area contributed by atoms with Crippen LogP contribution in [-0.2, 0) is 12.8 Å². The summed E-state index contributed by atoms with van der Waals surface area (Å²) < 4.78 is 11.0. The predicted molar refractivity (Wildman–Crippen MR) is 103 cm³/mol. The average Bonchev–Trinajstić information content (AvgIpc) is 2.70. The Kier molecular flexibility index (Phi) is 3.32. The molecule has 3 aromatic carbocycles. The zero-order valence-corrected chi connectivity index (χ0v) is 15.3. The van der Waals surface area contributed by atoms with Crippen LogP contribution >= 0.6 is 11.6 Å². The number of rotatable bonds is 2. The molecular weight excluding hydrogens is 348 g/mol. The standard InChI is InChI=1S/C22H17ClO3/c1-25-16-9-14-15(10-17(16)26-2)20-19(21(23)22(20)24)13-8-7-11-5-3-4-6-12(11)18(13)14/h3-6,9-10,21H,7-8H2,1-2H3. The first-order valence-corrected chi connectivity index (χ1v) is 9.10. The Morgan fingerprint density at radius 2 is 1.62 bits per heavy atom. The SMILES string of the molecule is COc1cc2c3c(c4c(c2cc1OC)-c1ccccc1CC4)C(Cl)C3=O. The molecule has 1 atom stereocenters. The van der Waals surface area contributed by atoms with Gasteiger partial charge in [0.2, 0.25) is 0 Å². The van der Waals surface area contributed by atoms with Gasteiger partial charge in [-0.05, 0) is 63.6 Å². The molecule has 0 spiro atoms. The Bertz CT molecular complexity index is 1100. The van der Waals surface area contributed by atoms with E-state index in [9.17, 15) is 4.79 Å². The predicted octanol–water partition coefficient (Wildman–Crippen LogP) is 5.10. The topological polar surface area (TPSA) is 35.5 Å². The third-order valence-corrected chi connectivity index (χ3v) is 6.04. The van der Waals surface area contributed by atoms with Crippen molar-refractivity contribution in [1.29, 1.82) is 0 Å². The maximum atomic E-state index is 12.5. The second-order valence-electron chi connectivity index (χ2n) is 6.78. The summed E-state index contributed by atoms with van der Waals surface area (Å²) in [5.41, 5.74) is 6.68. The van der Waals surface area contributed by atoms with Gasteiger partial charge in [-0.1, -0.05) is 24.3 Å². The van der Waals surface area contributed by atoms with Crippen molar-refractivity contribution in [2.24, 2.45) is 0 Å². The molecule has 1 unspecified atom stereocenters. The molecule has 5 rings (SSSR count). The highest BCUT2D eigenvalue weighted by Gasteiger charge is 2.41. The van der Waals surface area contributed by atoms with Crippen molar-refractivity contribution in [2.45, 2.75) is 18.2 Å². The van der Waals surface area contributed by atoms with E-state index in [1.54, 1.807) is 14.2 Å². The lowest BCUT2D eigenvalue weighted by Crippen LogP contribution is -2.27. The van der Waals surface area contributed by atoms with Crippen LogP contribution in [0.5, 0.6) is 11.5 Å². The van der Waals surface area contributed by atoms with Gasteiger partial charge in [0.25, 0.3) is 0 Å². The van der Waals surface area contributed by atoms with Crippen molar-refractivity contribution in [3.63, 3.8) is 0 Å². The molecular formula is C22H17ClO3. The number of alkyl halides is 1. The summed E-state index contributed by atoms with van der Waals surface area (Å²) in [6, 6.07) is 12.4. The van der Waals surface area contributed by atoms with Crippen LogP contribution in [-0.4, -0.2) is 20.0 Å². The number of ketones is 1. The fourth-order valence-electron chi connectivity index (χ4n) is 4.42. The van der Waals surface area contributed by atoms with E-state index in [0.29, 0.717) is 11.5 Å². The van der Waals surface area contributed by atoms with E-state index in [4.69, 9.17) is 21.1 Å². The normalized spacial score (nSPS) is 17.2. The van der Waals surface area contributed by atoms with Crippen molar-refractivity contribution in [2.75, 3.05) is 14.2 Å². The maximum absolute atomic E-state index is 12.5. The molecule has 0 saturated carbocycles. The van der Waals surface area contributed by atoms with E-state index in [1.165, 1.54) is 22.3 Å². The van der Waals surface area contributed by atoms with Gasteiger partial charge < -0.3 is 9.47 Å². The van der Waals surface area contributed by atoms with Crippen molar-refractivity contribution in [3.8, 4) is 22.6 Å². The molecule has 0 N–H and O–H groups in total. The molecule has 2 aliphatic carbocycles. The van der Waals surface area contributed by atoms with Gasteiger partial charge >= 0.3 is 0 Å². The average molecular weight is 365 g/mol. The number of carbonyl (C=O) groups excluding carboxylic acids is 1. The van der Waals surface area contributed by atoms with E-state index < -0.39 is 5.38 Å². The van der Waals surface area contributed by atoms with Gasteiger partial charge in [0.05, 0.1) is 14.2 Å². The first-order chi connectivity index (χ1) is 12.7. The monoisotopic (exact) mass is 364 g/mol. The molecule has 0 saturated heterocycles. The van der Waals surface area contributed by atoms with E-state index in [-0.39, 0.29) is 5.78 Å². The summed E-state index contributed by atoms with van der Waals surface area (Å²) in [7, 11) is 3.24. The Hall–Kier alpha value is -2.52. The van der Waals surface area contributed by atoms with Crippen LogP contribution in [0.3, 0.4) is 0 Å². The molecule has 3 aromatic rings. The van der Waals surface area contributed by atoms with Crippen LogP contribution in [0.15, 0.2) is 36.4 Å². The summed E-state index contributed by atoms with van der Waals surface area (Å²) in [4.78, 5) is 12.5. The highest BCUT2D eigenvalue weighted by molar-refractivity contribution is 6.41. The van der Waals surface area contributed by atoms with Gasteiger partial charge in [-0.3, -0.25) is 4.79 Å². The molecule has 0 bridgehead atoms. The van der Waals surface area contributed by atoms with E-state index >= 15 is 0 Å². The van der Waals surface area contributed by atoms with Crippen LogP contribution in [0.4, 0.5) is 0 Å². The second kappa shape index (κ2) is 5.49. The molecule has 2 aliphatic rings. The number of aryl methyl sites for hydroxylation is 1. The van der Waals surface area contributed by atoms with E-state index in [0.717, 1.165) is 34.7 Å². The van der Waals surface area contributed by atoms with Crippen LogP contribution in [0.1, 0.15) is 32.4 Å². The summed E-state index contributed by atoms with van der Waals surface area (Å²) in [5, 5.41) is 1.39. The van der Waals surface area contributed by atoms with Crippen LogP contribution in [0.25, 0.3) is 21.9 Å². The lowest BCUT2D eigenvalue weighted by molar-refractivity contribution is 0.0962. The highest BCUT2D eigenvalue weighted by Crippen LogP contribution is 2.52. The number of benzene rings is 3. The number of Topliss-reactive ketones (excluding diaryl/α,β-unsaturated/α-hetero) is 1. The lowest BCUT2D eigenvalue weighted by atomic mass is 9.71. The summed E-state index contributed by atoms with van der Waals surface area (Å²) in [6.07, 6.45) is 1.86. The number of carbonyl (C=O) groups is 1. The maximum Gasteiger partial charge on any atom is 0.186 e. The molecule has 0 fully saturated rings. The van der Waals surface area contributed by atoms with Crippen molar-refractivity contribution < 1.29 is 14.3 Å². The van der Waals surface area contributed by atoms with Gasteiger partial charge in [0.1, 0.15) is 5.38 Å². The summed E-state index contributed by atoms with van der Waals surface area (Å²) in [5.74, 6) is 1.29. The van der Waals surface area contributed by atoms with Crippen LogP contribution in [0, 0.1) is 0 Å². The minimum Gasteiger partial charge on any atom is -0.493 e. The van der Waals surface area contributed by atoms with Crippen molar-refractivity contribution in [1.82, 2.24) is 0 Å². The van der Waals surface area contributed by atoms with Gasteiger partial charge in [-0.15, -0.1) is 11.6 Å². The smallest absolute Gasteiger partial charge is 0.186 e. The fraction of sp³-hybridized carbons (Fsp3) is 0.227. The number of hydrogen-bond donors (Lipinski definition) is 0. The first kappa shape index (κ1) is 15.7. The number of ether oxygens (including phenoxy) is 2. The van der Waals surface area contributed by atoms with Gasteiger partial charge in [-0.2, -0.15) is 0 Å². The second-order valence-corrected chi connectivity index (χ2v) is 7.22. The summed E-state index contributed by atoms with van der Waals surface area (Å²) >= 11 is 6.42. The van der Waals surface area contributed by atoms with Crippen molar-refractivity contribution >= 4 is 28.2 Å². The molecule has 4 heteroatoms. The third kappa shape index (κ3) is 1.87. The van der Waals surface area contributed by atoms with E-state index in [1.807, 2.05) is 12.1 Å². The van der Waals surface area contributed by atoms with E-state index in [2.05, 4.69) is 24.3 Å². The quantitative estimate of drug-likeness (QED) is 0.593. The summed E-state index contributed by atoms with van der Waals surface area (Å²) in [6.45, 7) is 0. The van der Waals surface area contributed by atoms with Gasteiger partial charge in [0.15, 0.2) is 17.3 Å². The minimum absolute atomic E-state index is 0.000505. The molecule has 3 nitrogen and oxygen atoms in total. The van der Waals surface area contributed by atoms with Crippen LogP contribution < -0.4 is 9.47 Å². The minimum atomic E-state index is -0.540. The Labute approximate surface area is 156 Å². The first-order valence-electron chi connectivity index (χ1n) is 8.66. The Morgan fingerprint density at radius 3 is 2.31 bits per heavy atom.